The van der Waals surface area contributed by atoms with Crippen molar-refractivity contribution >= 4 is 0 Å². The summed E-state index contributed by atoms with van der Waals surface area (Å²) in [7, 11) is 0. The highest BCUT2D eigenvalue weighted by Crippen LogP contribution is 2.11. The van der Waals surface area contributed by atoms with Gasteiger partial charge in [0.25, 0.3) is 0 Å². The molecule has 1 N–H and O–H groups in total. The van der Waals surface area contributed by atoms with Gasteiger partial charge in [-0.15, -0.1) is 0 Å². The Kier molecular flexibility index (Phi) is 4.27. The molecule has 0 saturated heterocycles. The Bertz CT molecular complexity index is 549. The number of hydrogen-bond acceptors (Lipinski definition) is 2. The highest BCUT2D eigenvalue weighted by molar-refractivity contribution is 5.19. The molecule has 0 spiro atoms. The maximum absolute atomic E-state index is 13.5. The van der Waals surface area contributed by atoms with E-state index in [4.69, 9.17) is 0 Å². The highest BCUT2D eigenvalue weighted by atomic mass is 19.1. The summed E-state index contributed by atoms with van der Waals surface area (Å²) in [6.45, 7) is 5.10. The quantitative estimate of drug-likeness (QED) is 0.900. The van der Waals surface area contributed by atoms with Crippen molar-refractivity contribution in [1.82, 2.24) is 15.1 Å². The first-order valence-electron chi connectivity index (χ1n) is 6.24. The van der Waals surface area contributed by atoms with Gasteiger partial charge in [-0.3, -0.25) is 4.68 Å². The standard InChI is InChI=1S/C14H17F2N3/c1-10(2)17-8-13-5-6-19(18-13)9-11-3-4-12(15)7-14(11)16/h3-7,10,17H,8-9H2,1-2H3. The summed E-state index contributed by atoms with van der Waals surface area (Å²) in [6, 6.07) is 5.86. The van der Waals surface area contributed by atoms with E-state index in [1.807, 2.05) is 6.07 Å². The van der Waals surface area contributed by atoms with Gasteiger partial charge in [0.2, 0.25) is 0 Å². The van der Waals surface area contributed by atoms with E-state index in [9.17, 15) is 8.78 Å². The maximum atomic E-state index is 13.5. The van der Waals surface area contributed by atoms with Crippen LogP contribution >= 0.6 is 0 Å². The fourth-order valence-corrected chi connectivity index (χ4v) is 1.72. The van der Waals surface area contributed by atoms with Gasteiger partial charge in [0.1, 0.15) is 11.6 Å². The molecule has 1 aromatic carbocycles. The van der Waals surface area contributed by atoms with Crippen LogP contribution in [-0.4, -0.2) is 15.8 Å². The van der Waals surface area contributed by atoms with Crippen LogP contribution in [-0.2, 0) is 13.1 Å². The summed E-state index contributed by atoms with van der Waals surface area (Å²) in [5.41, 5.74) is 1.32. The minimum atomic E-state index is -0.566. The summed E-state index contributed by atoms with van der Waals surface area (Å²) in [4.78, 5) is 0. The SMILES string of the molecule is CC(C)NCc1ccn(Cc2ccc(F)cc2F)n1. The largest absolute Gasteiger partial charge is 0.309 e. The molecule has 5 heteroatoms. The third-order valence-corrected chi connectivity index (χ3v) is 2.73. The molecule has 0 aliphatic carbocycles. The molecule has 0 amide bonds. The van der Waals surface area contributed by atoms with E-state index in [1.165, 1.54) is 12.1 Å². The average Bonchev–Trinajstić information content (AvgIpc) is 2.78. The molecular formula is C14H17F2N3. The Balaban J connectivity index is 2.03. The number of nitrogens with zero attached hydrogens (tertiary/aromatic N) is 2. The molecule has 0 fully saturated rings. The van der Waals surface area contributed by atoms with Gasteiger partial charge in [0.05, 0.1) is 12.2 Å². The summed E-state index contributed by atoms with van der Waals surface area (Å²) in [5.74, 6) is -1.11. The average molecular weight is 265 g/mol. The zero-order valence-corrected chi connectivity index (χ0v) is 11.0. The second-order valence-corrected chi connectivity index (χ2v) is 4.78. The zero-order chi connectivity index (χ0) is 13.8. The third-order valence-electron chi connectivity index (χ3n) is 2.73. The molecular weight excluding hydrogens is 248 g/mol. The van der Waals surface area contributed by atoms with Gasteiger partial charge in [-0.25, -0.2) is 8.78 Å². The lowest BCUT2D eigenvalue weighted by atomic mass is 10.2. The van der Waals surface area contributed by atoms with Crippen molar-refractivity contribution in [2.75, 3.05) is 0 Å². The molecule has 0 bridgehead atoms. The molecule has 1 heterocycles. The van der Waals surface area contributed by atoms with Crippen LogP contribution < -0.4 is 5.32 Å². The zero-order valence-electron chi connectivity index (χ0n) is 11.0. The highest BCUT2D eigenvalue weighted by Gasteiger charge is 2.06. The Morgan fingerprint density at radius 3 is 2.74 bits per heavy atom. The monoisotopic (exact) mass is 265 g/mol. The summed E-state index contributed by atoms with van der Waals surface area (Å²) in [5, 5.41) is 7.59. The number of benzene rings is 1. The maximum Gasteiger partial charge on any atom is 0.131 e. The van der Waals surface area contributed by atoms with Crippen LogP contribution in [0.5, 0.6) is 0 Å². The number of rotatable bonds is 5. The fourth-order valence-electron chi connectivity index (χ4n) is 1.72. The minimum Gasteiger partial charge on any atom is -0.309 e. The molecule has 0 atom stereocenters. The van der Waals surface area contributed by atoms with Crippen LogP contribution in [0.25, 0.3) is 0 Å². The minimum absolute atomic E-state index is 0.299. The molecule has 0 saturated carbocycles. The summed E-state index contributed by atoms with van der Waals surface area (Å²) in [6.07, 6.45) is 1.79. The lowest BCUT2D eigenvalue weighted by Crippen LogP contribution is -2.22. The number of nitrogens with one attached hydrogen (secondary N) is 1. The van der Waals surface area contributed by atoms with Gasteiger partial charge >= 0.3 is 0 Å². The Hall–Kier alpha value is -1.75. The van der Waals surface area contributed by atoms with E-state index in [2.05, 4.69) is 24.3 Å². The van der Waals surface area contributed by atoms with Gasteiger partial charge < -0.3 is 5.32 Å². The molecule has 0 radical (unpaired) electrons. The van der Waals surface area contributed by atoms with E-state index in [1.54, 1.807) is 10.9 Å². The van der Waals surface area contributed by atoms with E-state index in [-0.39, 0.29) is 0 Å². The van der Waals surface area contributed by atoms with Crippen molar-refractivity contribution in [3.63, 3.8) is 0 Å². The van der Waals surface area contributed by atoms with Crippen molar-refractivity contribution in [3.8, 4) is 0 Å². The van der Waals surface area contributed by atoms with Crippen molar-refractivity contribution in [1.29, 1.82) is 0 Å². The van der Waals surface area contributed by atoms with Crippen molar-refractivity contribution in [2.45, 2.75) is 33.0 Å². The first-order chi connectivity index (χ1) is 9.04. The predicted molar refractivity (Wildman–Crippen MR) is 69.7 cm³/mol. The van der Waals surface area contributed by atoms with Gasteiger partial charge in [-0.05, 0) is 12.1 Å². The fraction of sp³-hybridized carbons (Fsp3) is 0.357. The predicted octanol–water partition coefficient (Wildman–Crippen LogP) is 2.71. The van der Waals surface area contributed by atoms with E-state index in [0.29, 0.717) is 24.7 Å². The van der Waals surface area contributed by atoms with Crippen LogP contribution in [0.3, 0.4) is 0 Å². The lowest BCUT2D eigenvalue weighted by molar-refractivity contribution is 0.550. The van der Waals surface area contributed by atoms with Crippen molar-refractivity contribution in [2.24, 2.45) is 0 Å². The second kappa shape index (κ2) is 5.93. The topological polar surface area (TPSA) is 29.9 Å². The van der Waals surface area contributed by atoms with Crippen LogP contribution in [0.2, 0.25) is 0 Å². The molecule has 1 aromatic heterocycles. The first-order valence-corrected chi connectivity index (χ1v) is 6.24. The van der Waals surface area contributed by atoms with Gasteiger partial charge in [-0.2, -0.15) is 5.10 Å². The number of hydrogen-bond donors (Lipinski definition) is 1. The van der Waals surface area contributed by atoms with E-state index in [0.717, 1.165) is 11.8 Å². The lowest BCUT2D eigenvalue weighted by Gasteiger charge is -2.06. The Labute approximate surface area is 111 Å². The molecule has 102 valence electrons. The van der Waals surface area contributed by atoms with E-state index >= 15 is 0 Å². The van der Waals surface area contributed by atoms with Crippen molar-refractivity contribution < 1.29 is 8.78 Å². The van der Waals surface area contributed by atoms with Gasteiger partial charge in [-0.1, -0.05) is 19.9 Å². The normalized spacial score (nSPS) is 11.2. The van der Waals surface area contributed by atoms with Crippen LogP contribution in [0, 0.1) is 11.6 Å². The van der Waals surface area contributed by atoms with Crippen LogP contribution in [0.15, 0.2) is 30.5 Å². The van der Waals surface area contributed by atoms with Crippen molar-refractivity contribution in [3.05, 3.63) is 53.4 Å². The summed E-state index contributed by atoms with van der Waals surface area (Å²) < 4.78 is 27.9. The smallest absolute Gasteiger partial charge is 0.131 e. The number of aromatic nitrogens is 2. The number of halogens is 2. The molecule has 0 aliphatic heterocycles. The molecule has 0 unspecified atom stereocenters. The Morgan fingerprint density at radius 1 is 1.26 bits per heavy atom. The van der Waals surface area contributed by atoms with Gasteiger partial charge in [0, 0.05) is 30.4 Å². The molecule has 2 rings (SSSR count). The van der Waals surface area contributed by atoms with E-state index < -0.39 is 11.6 Å². The molecule has 3 nitrogen and oxygen atoms in total. The van der Waals surface area contributed by atoms with Crippen LogP contribution in [0.1, 0.15) is 25.1 Å². The third kappa shape index (κ3) is 3.86. The Morgan fingerprint density at radius 2 is 2.05 bits per heavy atom. The molecule has 19 heavy (non-hydrogen) atoms. The molecule has 2 aromatic rings. The second-order valence-electron chi connectivity index (χ2n) is 4.78. The first kappa shape index (κ1) is 13.7. The molecule has 0 aliphatic rings. The van der Waals surface area contributed by atoms with Crippen LogP contribution in [0.4, 0.5) is 8.78 Å². The summed E-state index contributed by atoms with van der Waals surface area (Å²) >= 11 is 0. The van der Waals surface area contributed by atoms with Gasteiger partial charge in [0.15, 0.2) is 0 Å².